The van der Waals surface area contributed by atoms with Gasteiger partial charge < -0.3 is 15.7 Å². The highest BCUT2D eigenvalue weighted by molar-refractivity contribution is 5.64. The molecule has 1 aliphatic heterocycles. The van der Waals surface area contributed by atoms with Gasteiger partial charge in [0, 0.05) is 19.1 Å². The van der Waals surface area contributed by atoms with Crippen molar-refractivity contribution in [2.75, 3.05) is 13.1 Å². The maximum absolute atomic E-state index is 10.5. The summed E-state index contributed by atoms with van der Waals surface area (Å²) in [7, 11) is 0. The van der Waals surface area contributed by atoms with E-state index < -0.39 is 6.09 Å². The van der Waals surface area contributed by atoms with Gasteiger partial charge in [0.05, 0.1) is 0 Å². The molecule has 0 aromatic heterocycles. The lowest BCUT2D eigenvalue weighted by atomic mass is 10.2. The van der Waals surface area contributed by atoms with Gasteiger partial charge in [-0.25, -0.2) is 4.79 Å². The molecule has 0 spiro atoms. The normalized spacial score (nSPS) is 26.3. The van der Waals surface area contributed by atoms with Gasteiger partial charge >= 0.3 is 6.09 Å². The number of hydrogen-bond acceptors (Lipinski definition) is 2. The van der Waals surface area contributed by atoms with Crippen molar-refractivity contribution in [1.82, 2.24) is 4.90 Å². The number of likely N-dealkylation sites (tertiary alicyclic amines) is 1. The number of carbonyl (C=O) groups is 1. The molecule has 0 radical (unpaired) electrons. The molecule has 1 heterocycles. The lowest BCUT2D eigenvalue weighted by molar-refractivity contribution is 0.145. The van der Waals surface area contributed by atoms with E-state index in [1.807, 2.05) is 0 Å². The Labute approximate surface area is 66.0 Å². The molecular weight excluding hydrogens is 144 g/mol. The van der Waals surface area contributed by atoms with E-state index in [9.17, 15) is 4.79 Å². The Morgan fingerprint density at radius 2 is 2.27 bits per heavy atom. The van der Waals surface area contributed by atoms with Gasteiger partial charge in [-0.1, -0.05) is 6.42 Å². The SMILES string of the molecule is N[C@H]1CCCCN(C(=O)O)C1. The largest absolute Gasteiger partial charge is 0.465 e. The summed E-state index contributed by atoms with van der Waals surface area (Å²) in [5.41, 5.74) is 5.66. The summed E-state index contributed by atoms with van der Waals surface area (Å²) in [5, 5.41) is 8.65. The van der Waals surface area contributed by atoms with Crippen molar-refractivity contribution >= 4 is 6.09 Å². The quantitative estimate of drug-likeness (QED) is 0.538. The van der Waals surface area contributed by atoms with Crippen molar-refractivity contribution < 1.29 is 9.90 Å². The first kappa shape index (κ1) is 8.33. The Morgan fingerprint density at radius 1 is 1.55 bits per heavy atom. The van der Waals surface area contributed by atoms with E-state index in [2.05, 4.69) is 0 Å². The van der Waals surface area contributed by atoms with E-state index in [1.54, 1.807) is 0 Å². The van der Waals surface area contributed by atoms with Gasteiger partial charge in [0.1, 0.15) is 0 Å². The van der Waals surface area contributed by atoms with E-state index in [0.717, 1.165) is 19.3 Å². The molecule has 1 atom stereocenters. The molecule has 1 amide bonds. The highest BCUT2D eigenvalue weighted by atomic mass is 16.4. The van der Waals surface area contributed by atoms with E-state index in [4.69, 9.17) is 10.8 Å². The van der Waals surface area contributed by atoms with Crippen molar-refractivity contribution in [3.05, 3.63) is 0 Å². The number of nitrogens with zero attached hydrogens (tertiary/aromatic N) is 1. The molecule has 0 unspecified atom stereocenters. The van der Waals surface area contributed by atoms with Crippen LogP contribution in [-0.4, -0.2) is 35.2 Å². The average Bonchev–Trinajstić information content (AvgIpc) is 2.13. The lowest BCUT2D eigenvalue weighted by Gasteiger charge is -2.18. The van der Waals surface area contributed by atoms with Gasteiger partial charge in [-0.05, 0) is 12.8 Å². The molecule has 0 bridgehead atoms. The first-order chi connectivity index (χ1) is 5.20. The number of hydrogen-bond donors (Lipinski definition) is 2. The minimum Gasteiger partial charge on any atom is -0.465 e. The molecule has 1 saturated heterocycles. The van der Waals surface area contributed by atoms with Crippen LogP contribution >= 0.6 is 0 Å². The third-order valence-corrected chi connectivity index (χ3v) is 1.98. The van der Waals surface area contributed by atoms with E-state index in [1.165, 1.54) is 4.90 Å². The summed E-state index contributed by atoms with van der Waals surface area (Å²) in [6.07, 6.45) is 2.09. The van der Waals surface area contributed by atoms with Crippen molar-refractivity contribution in [1.29, 1.82) is 0 Å². The van der Waals surface area contributed by atoms with Gasteiger partial charge in [-0.15, -0.1) is 0 Å². The second kappa shape index (κ2) is 3.57. The van der Waals surface area contributed by atoms with E-state index in [0.29, 0.717) is 13.1 Å². The molecule has 11 heavy (non-hydrogen) atoms. The maximum Gasteiger partial charge on any atom is 0.407 e. The summed E-state index contributed by atoms with van der Waals surface area (Å²) >= 11 is 0. The Morgan fingerprint density at radius 3 is 2.91 bits per heavy atom. The van der Waals surface area contributed by atoms with Crippen LogP contribution in [0.2, 0.25) is 0 Å². The Bertz CT molecular complexity index is 149. The fourth-order valence-electron chi connectivity index (χ4n) is 1.35. The van der Waals surface area contributed by atoms with Crippen molar-refractivity contribution in [3.8, 4) is 0 Å². The molecular formula is C7H14N2O2. The van der Waals surface area contributed by atoms with Crippen LogP contribution in [0.4, 0.5) is 4.79 Å². The first-order valence-electron chi connectivity index (χ1n) is 3.93. The Kier molecular flexibility index (Phi) is 2.70. The minimum atomic E-state index is -0.845. The van der Waals surface area contributed by atoms with Gasteiger partial charge in [0.25, 0.3) is 0 Å². The van der Waals surface area contributed by atoms with Crippen LogP contribution in [0.5, 0.6) is 0 Å². The fraction of sp³-hybridized carbons (Fsp3) is 0.857. The molecule has 4 heteroatoms. The maximum atomic E-state index is 10.5. The summed E-state index contributed by atoms with van der Waals surface area (Å²) < 4.78 is 0. The zero-order valence-corrected chi connectivity index (χ0v) is 6.49. The molecule has 0 aromatic rings. The van der Waals surface area contributed by atoms with Gasteiger partial charge in [0.15, 0.2) is 0 Å². The molecule has 1 fully saturated rings. The average molecular weight is 158 g/mol. The van der Waals surface area contributed by atoms with Crippen LogP contribution in [0.25, 0.3) is 0 Å². The monoisotopic (exact) mass is 158 g/mol. The van der Waals surface area contributed by atoms with Crippen LogP contribution in [-0.2, 0) is 0 Å². The zero-order chi connectivity index (χ0) is 8.27. The molecule has 1 rings (SSSR count). The molecule has 0 saturated carbocycles. The number of rotatable bonds is 0. The second-order valence-corrected chi connectivity index (χ2v) is 2.98. The predicted octanol–water partition coefficient (Wildman–Crippen LogP) is 0.478. The van der Waals surface area contributed by atoms with E-state index >= 15 is 0 Å². The summed E-state index contributed by atoms with van der Waals surface area (Å²) in [5.74, 6) is 0. The fourth-order valence-corrected chi connectivity index (χ4v) is 1.35. The predicted molar refractivity (Wildman–Crippen MR) is 41.4 cm³/mol. The van der Waals surface area contributed by atoms with Gasteiger partial charge in [-0.3, -0.25) is 0 Å². The highest BCUT2D eigenvalue weighted by Gasteiger charge is 2.18. The Hall–Kier alpha value is -0.770. The van der Waals surface area contributed by atoms with Crippen molar-refractivity contribution in [2.45, 2.75) is 25.3 Å². The number of nitrogens with two attached hydrogens (primary N) is 1. The van der Waals surface area contributed by atoms with E-state index in [-0.39, 0.29) is 6.04 Å². The zero-order valence-electron chi connectivity index (χ0n) is 6.49. The van der Waals surface area contributed by atoms with Gasteiger partial charge in [-0.2, -0.15) is 0 Å². The minimum absolute atomic E-state index is 0.0357. The van der Waals surface area contributed by atoms with Crippen molar-refractivity contribution in [2.24, 2.45) is 5.73 Å². The standard InChI is InChI=1S/C7H14N2O2/c8-6-3-1-2-4-9(5-6)7(10)11/h6H,1-5,8H2,(H,10,11)/t6-/m0/s1. The number of carboxylic acid groups (broad SMARTS) is 1. The molecule has 0 aliphatic carbocycles. The third-order valence-electron chi connectivity index (χ3n) is 1.98. The molecule has 1 aliphatic rings. The van der Waals surface area contributed by atoms with Crippen LogP contribution in [0.1, 0.15) is 19.3 Å². The summed E-state index contributed by atoms with van der Waals surface area (Å²) in [6, 6.07) is 0.0357. The van der Waals surface area contributed by atoms with Crippen molar-refractivity contribution in [3.63, 3.8) is 0 Å². The number of amides is 1. The van der Waals surface area contributed by atoms with Crippen LogP contribution < -0.4 is 5.73 Å². The smallest absolute Gasteiger partial charge is 0.407 e. The van der Waals surface area contributed by atoms with Crippen LogP contribution in [0.3, 0.4) is 0 Å². The van der Waals surface area contributed by atoms with Crippen LogP contribution in [0.15, 0.2) is 0 Å². The molecule has 3 N–H and O–H groups in total. The summed E-state index contributed by atoms with van der Waals surface area (Å²) in [6.45, 7) is 1.14. The Balaban J connectivity index is 2.45. The lowest BCUT2D eigenvalue weighted by Crippen LogP contribution is -2.38. The highest BCUT2D eigenvalue weighted by Crippen LogP contribution is 2.08. The third kappa shape index (κ3) is 2.38. The topological polar surface area (TPSA) is 66.6 Å². The summed E-state index contributed by atoms with van der Waals surface area (Å²) in [4.78, 5) is 11.9. The second-order valence-electron chi connectivity index (χ2n) is 2.98. The first-order valence-corrected chi connectivity index (χ1v) is 3.93. The molecule has 0 aromatic carbocycles. The van der Waals surface area contributed by atoms with Gasteiger partial charge in [0.2, 0.25) is 0 Å². The molecule has 4 nitrogen and oxygen atoms in total. The van der Waals surface area contributed by atoms with Crippen LogP contribution in [0, 0.1) is 0 Å². The molecule has 64 valence electrons.